The van der Waals surface area contributed by atoms with Crippen LogP contribution >= 0.6 is 0 Å². The summed E-state index contributed by atoms with van der Waals surface area (Å²) >= 11 is 0. The quantitative estimate of drug-likeness (QED) is 0.609. The molecular formula is C9H20N2O. The van der Waals surface area contributed by atoms with Crippen LogP contribution in [0.3, 0.4) is 0 Å². The van der Waals surface area contributed by atoms with E-state index in [1.807, 2.05) is 13.8 Å². The summed E-state index contributed by atoms with van der Waals surface area (Å²) in [6.07, 6.45) is 0.823. The molecule has 0 aliphatic carbocycles. The van der Waals surface area contributed by atoms with Gasteiger partial charge in [-0.05, 0) is 34.1 Å². The standard InChI is InChI=1S/C9H20N2O/c1-7(2)5-9(11,6-10)8(3,4)12-7/h5-6,10-11H2,1-4H3. The Balaban J connectivity index is 2.92. The monoisotopic (exact) mass is 172 g/mol. The highest BCUT2D eigenvalue weighted by atomic mass is 16.5. The minimum absolute atomic E-state index is 0.141. The first-order valence-corrected chi connectivity index (χ1v) is 4.42. The fourth-order valence-corrected chi connectivity index (χ4v) is 2.12. The molecule has 4 N–H and O–H groups in total. The maximum Gasteiger partial charge on any atom is 0.0825 e. The molecule has 0 spiro atoms. The number of nitrogens with two attached hydrogens (primary N) is 2. The third-order valence-electron chi connectivity index (χ3n) is 2.84. The van der Waals surface area contributed by atoms with Gasteiger partial charge < -0.3 is 16.2 Å². The highest BCUT2D eigenvalue weighted by molar-refractivity contribution is 5.10. The Morgan fingerprint density at radius 3 is 1.92 bits per heavy atom. The molecule has 1 unspecified atom stereocenters. The van der Waals surface area contributed by atoms with Crippen molar-refractivity contribution in [1.82, 2.24) is 0 Å². The first kappa shape index (κ1) is 9.96. The maximum atomic E-state index is 6.16. The fourth-order valence-electron chi connectivity index (χ4n) is 2.12. The Bertz CT molecular complexity index is 189. The van der Waals surface area contributed by atoms with Crippen LogP contribution in [0.5, 0.6) is 0 Å². The molecule has 1 atom stereocenters. The van der Waals surface area contributed by atoms with E-state index >= 15 is 0 Å². The topological polar surface area (TPSA) is 61.3 Å². The summed E-state index contributed by atoms with van der Waals surface area (Å²) in [5, 5.41) is 0. The van der Waals surface area contributed by atoms with Gasteiger partial charge >= 0.3 is 0 Å². The summed E-state index contributed by atoms with van der Waals surface area (Å²) in [6, 6.07) is 0. The lowest BCUT2D eigenvalue weighted by Crippen LogP contribution is -2.58. The van der Waals surface area contributed by atoms with Crippen LogP contribution in [0.2, 0.25) is 0 Å². The summed E-state index contributed by atoms with van der Waals surface area (Å²) in [6.45, 7) is 8.60. The van der Waals surface area contributed by atoms with Crippen molar-refractivity contribution in [2.24, 2.45) is 11.5 Å². The predicted molar refractivity (Wildman–Crippen MR) is 49.8 cm³/mol. The zero-order valence-corrected chi connectivity index (χ0v) is 8.48. The van der Waals surface area contributed by atoms with Gasteiger partial charge in [-0.3, -0.25) is 0 Å². The third-order valence-corrected chi connectivity index (χ3v) is 2.84. The van der Waals surface area contributed by atoms with E-state index in [0.29, 0.717) is 6.54 Å². The molecule has 0 aromatic heterocycles. The van der Waals surface area contributed by atoms with Crippen LogP contribution < -0.4 is 11.5 Å². The summed E-state index contributed by atoms with van der Waals surface area (Å²) in [5.74, 6) is 0. The Morgan fingerprint density at radius 2 is 1.75 bits per heavy atom. The molecule has 1 aliphatic heterocycles. The molecule has 1 fully saturated rings. The zero-order chi connectivity index (χ0) is 9.62. The van der Waals surface area contributed by atoms with E-state index in [1.54, 1.807) is 0 Å². The van der Waals surface area contributed by atoms with E-state index in [-0.39, 0.29) is 16.7 Å². The Hall–Kier alpha value is -0.120. The molecule has 12 heavy (non-hydrogen) atoms. The molecule has 0 radical (unpaired) electrons. The van der Waals surface area contributed by atoms with Gasteiger partial charge in [-0.15, -0.1) is 0 Å². The highest BCUT2D eigenvalue weighted by Gasteiger charge is 2.54. The van der Waals surface area contributed by atoms with Gasteiger partial charge in [0.25, 0.3) is 0 Å². The highest BCUT2D eigenvalue weighted by Crippen LogP contribution is 2.42. The van der Waals surface area contributed by atoms with Crippen LogP contribution in [0.1, 0.15) is 34.1 Å². The van der Waals surface area contributed by atoms with Crippen molar-refractivity contribution in [2.45, 2.75) is 50.9 Å². The second kappa shape index (κ2) is 2.44. The molecule has 0 aromatic carbocycles. The minimum Gasteiger partial charge on any atom is -0.368 e. The largest absolute Gasteiger partial charge is 0.368 e. The minimum atomic E-state index is -0.378. The van der Waals surface area contributed by atoms with E-state index < -0.39 is 0 Å². The van der Waals surface area contributed by atoms with Crippen molar-refractivity contribution in [2.75, 3.05) is 6.54 Å². The van der Waals surface area contributed by atoms with Crippen molar-refractivity contribution in [3.05, 3.63) is 0 Å². The van der Waals surface area contributed by atoms with E-state index in [9.17, 15) is 0 Å². The summed E-state index contributed by atoms with van der Waals surface area (Å²) in [5.41, 5.74) is 11.0. The molecular weight excluding hydrogens is 152 g/mol. The van der Waals surface area contributed by atoms with E-state index in [2.05, 4.69) is 13.8 Å². The molecule has 0 amide bonds. The van der Waals surface area contributed by atoms with Gasteiger partial charge in [-0.2, -0.15) is 0 Å². The lowest BCUT2D eigenvalue weighted by atomic mass is 9.80. The van der Waals surface area contributed by atoms with Crippen LogP contribution in [0, 0.1) is 0 Å². The van der Waals surface area contributed by atoms with Gasteiger partial charge in [-0.25, -0.2) is 0 Å². The number of ether oxygens (including phenoxy) is 1. The number of hydrogen-bond donors (Lipinski definition) is 2. The SMILES string of the molecule is CC1(C)CC(N)(CN)C(C)(C)O1. The van der Waals surface area contributed by atoms with Crippen molar-refractivity contribution in [3.63, 3.8) is 0 Å². The summed E-state index contributed by atoms with van der Waals surface area (Å²) in [7, 11) is 0. The third kappa shape index (κ3) is 1.37. The fraction of sp³-hybridized carbons (Fsp3) is 1.00. The zero-order valence-electron chi connectivity index (χ0n) is 8.48. The molecule has 1 aliphatic rings. The molecule has 0 aromatic rings. The van der Waals surface area contributed by atoms with Gasteiger partial charge in [0.15, 0.2) is 0 Å². The van der Waals surface area contributed by atoms with Gasteiger partial charge in [0.2, 0.25) is 0 Å². The molecule has 72 valence electrons. The van der Waals surface area contributed by atoms with E-state index in [4.69, 9.17) is 16.2 Å². The molecule has 0 bridgehead atoms. The Morgan fingerprint density at radius 1 is 1.25 bits per heavy atom. The molecule has 3 nitrogen and oxygen atoms in total. The smallest absolute Gasteiger partial charge is 0.0825 e. The average Bonchev–Trinajstić information content (AvgIpc) is 1.98. The average molecular weight is 172 g/mol. The van der Waals surface area contributed by atoms with Gasteiger partial charge in [0.1, 0.15) is 0 Å². The van der Waals surface area contributed by atoms with Crippen LogP contribution in [0.4, 0.5) is 0 Å². The van der Waals surface area contributed by atoms with Crippen LogP contribution in [-0.2, 0) is 4.74 Å². The second-order valence-electron chi connectivity index (χ2n) is 4.91. The molecule has 1 saturated heterocycles. The molecule has 1 rings (SSSR count). The first-order chi connectivity index (χ1) is 5.22. The molecule has 1 heterocycles. The maximum absolute atomic E-state index is 6.16. The first-order valence-electron chi connectivity index (χ1n) is 4.42. The van der Waals surface area contributed by atoms with Crippen molar-refractivity contribution in [1.29, 1.82) is 0 Å². The molecule has 3 heteroatoms. The molecule has 0 saturated carbocycles. The van der Waals surface area contributed by atoms with Crippen molar-refractivity contribution < 1.29 is 4.74 Å². The summed E-state index contributed by atoms with van der Waals surface area (Å²) < 4.78 is 5.84. The number of hydrogen-bond acceptors (Lipinski definition) is 3. The van der Waals surface area contributed by atoms with Crippen LogP contribution in [0.15, 0.2) is 0 Å². The van der Waals surface area contributed by atoms with Crippen molar-refractivity contribution >= 4 is 0 Å². The second-order valence-corrected chi connectivity index (χ2v) is 4.91. The van der Waals surface area contributed by atoms with Gasteiger partial charge in [0.05, 0.1) is 16.7 Å². The summed E-state index contributed by atoms with van der Waals surface area (Å²) in [4.78, 5) is 0. The van der Waals surface area contributed by atoms with E-state index in [0.717, 1.165) is 6.42 Å². The van der Waals surface area contributed by atoms with Gasteiger partial charge in [0, 0.05) is 6.54 Å². The van der Waals surface area contributed by atoms with Crippen molar-refractivity contribution in [3.8, 4) is 0 Å². The normalized spacial score (nSPS) is 38.5. The Labute approximate surface area is 74.4 Å². The number of rotatable bonds is 1. The van der Waals surface area contributed by atoms with Crippen LogP contribution in [0.25, 0.3) is 0 Å². The lowest BCUT2D eigenvalue weighted by Gasteiger charge is -2.35. The van der Waals surface area contributed by atoms with E-state index in [1.165, 1.54) is 0 Å². The van der Waals surface area contributed by atoms with Crippen LogP contribution in [-0.4, -0.2) is 23.3 Å². The van der Waals surface area contributed by atoms with Gasteiger partial charge in [-0.1, -0.05) is 0 Å². The Kier molecular flexibility index (Phi) is 2.02. The predicted octanol–water partition coefficient (Wildman–Crippen LogP) is 0.620. The lowest BCUT2D eigenvalue weighted by molar-refractivity contribution is -0.0776.